The van der Waals surface area contributed by atoms with Crippen molar-refractivity contribution in [3.8, 4) is 5.69 Å². The molecule has 2 aromatic rings. The molecule has 1 aromatic carbocycles. The van der Waals surface area contributed by atoms with E-state index in [0.717, 1.165) is 36.7 Å². The van der Waals surface area contributed by atoms with Crippen LogP contribution < -0.4 is 5.32 Å². The van der Waals surface area contributed by atoms with Crippen molar-refractivity contribution in [1.29, 1.82) is 0 Å². The van der Waals surface area contributed by atoms with Crippen LogP contribution in [0.4, 0.5) is 8.78 Å². The fraction of sp³-hybridized carbons (Fsp3) is 0.524. The third-order valence-corrected chi connectivity index (χ3v) is 5.50. The molecule has 1 amide bonds. The summed E-state index contributed by atoms with van der Waals surface area (Å²) < 4.78 is 29.4. The molecule has 2 unspecified atom stereocenters. The molecule has 1 aromatic heterocycles. The van der Waals surface area contributed by atoms with Gasteiger partial charge in [-0.25, -0.2) is 13.5 Å². The lowest BCUT2D eigenvalue weighted by Crippen LogP contribution is -2.40. The Morgan fingerprint density at radius 3 is 2.70 bits per heavy atom. The summed E-state index contributed by atoms with van der Waals surface area (Å²) in [5, 5.41) is 7.65. The molecule has 4 nitrogen and oxygen atoms in total. The molecule has 0 saturated heterocycles. The molecular formula is C21H25F2N3O. The highest BCUT2D eigenvalue weighted by molar-refractivity contribution is 5.77. The summed E-state index contributed by atoms with van der Waals surface area (Å²) in [6.45, 7) is 5.86. The molecule has 0 aliphatic heterocycles. The number of nitrogens with one attached hydrogen (secondary N) is 1. The van der Waals surface area contributed by atoms with Crippen LogP contribution in [-0.4, -0.2) is 21.2 Å². The summed E-state index contributed by atoms with van der Waals surface area (Å²) in [6.07, 6.45) is 4.15. The second kappa shape index (κ2) is 6.43. The second-order valence-corrected chi connectivity index (χ2v) is 8.76. The number of fused-ring (bicyclic) bond motifs is 5. The Hall–Kier alpha value is -2.24. The topological polar surface area (TPSA) is 46.9 Å². The second-order valence-electron chi connectivity index (χ2n) is 8.76. The molecule has 2 atom stereocenters. The Bertz CT molecular complexity index is 898. The van der Waals surface area contributed by atoms with Gasteiger partial charge < -0.3 is 5.32 Å². The van der Waals surface area contributed by atoms with Crippen LogP contribution in [0.5, 0.6) is 0 Å². The minimum atomic E-state index is -0.611. The predicted molar refractivity (Wildman–Crippen MR) is 99.0 cm³/mol. The molecule has 144 valence electrons. The average molecular weight is 373 g/mol. The third kappa shape index (κ3) is 3.37. The summed E-state index contributed by atoms with van der Waals surface area (Å²) in [6, 6.07) is 3.60. The first-order chi connectivity index (χ1) is 12.7. The van der Waals surface area contributed by atoms with Crippen LogP contribution in [0.25, 0.3) is 5.69 Å². The largest absolute Gasteiger partial charge is 0.351 e. The van der Waals surface area contributed by atoms with Gasteiger partial charge in [0.1, 0.15) is 11.5 Å². The molecule has 0 radical (unpaired) electrons. The lowest BCUT2D eigenvalue weighted by Gasteiger charge is -2.20. The zero-order chi connectivity index (χ0) is 19.3. The third-order valence-electron chi connectivity index (χ3n) is 5.50. The lowest BCUT2D eigenvalue weighted by atomic mass is 9.94. The van der Waals surface area contributed by atoms with Crippen LogP contribution >= 0.6 is 0 Å². The first kappa shape index (κ1) is 18.1. The van der Waals surface area contributed by atoms with Gasteiger partial charge >= 0.3 is 0 Å². The normalized spacial score (nSPS) is 20.8. The maximum Gasteiger partial charge on any atom is 0.220 e. The lowest BCUT2D eigenvalue weighted by molar-refractivity contribution is -0.122. The minimum Gasteiger partial charge on any atom is -0.351 e. The highest BCUT2D eigenvalue weighted by Crippen LogP contribution is 2.54. The number of rotatable bonds is 4. The molecule has 0 spiro atoms. The van der Waals surface area contributed by atoms with Gasteiger partial charge in [0, 0.05) is 35.9 Å². The maximum atomic E-state index is 14.4. The SMILES string of the molecule is CC(C)(C)NC(=O)CCc1nn(-c2ccc(F)cc2F)c2c1C1CCC2C1. The number of benzene rings is 1. The van der Waals surface area contributed by atoms with Crippen molar-refractivity contribution in [2.45, 2.75) is 70.3 Å². The van der Waals surface area contributed by atoms with Crippen LogP contribution in [0.3, 0.4) is 0 Å². The molecule has 6 heteroatoms. The zero-order valence-corrected chi connectivity index (χ0v) is 16.0. The van der Waals surface area contributed by atoms with E-state index in [9.17, 15) is 13.6 Å². The van der Waals surface area contributed by atoms with Gasteiger partial charge in [-0.05, 0) is 58.1 Å². The molecule has 2 aliphatic carbocycles. The van der Waals surface area contributed by atoms with Gasteiger partial charge in [0.05, 0.1) is 11.4 Å². The van der Waals surface area contributed by atoms with Crippen molar-refractivity contribution in [1.82, 2.24) is 15.1 Å². The molecule has 1 N–H and O–H groups in total. The highest BCUT2D eigenvalue weighted by atomic mass is 19.1. The van der Waals surface area contributed by atoms with E-state index in [0.29, 0.717) is 24.7 Å². The summed E-state index contributed by atoms with van der Waals surface area (Å²) in [5.41, 5.74) is 3.14. The monoisotopic (exact) mass is 373 g/mol. The summed E-state index contributed by atoms with van der Waals surface area (Å²) in [4.78, 5) is 12.2. The van der Waals surface area contributed by atoms with Crippen LogP contribution in [-0.2, 0) is 11.2 Å². The number of amides is 1. The fourth-order valence-corrected chi connectivity index (χ4v) is 4.55. The fourth-order valence-electron chi connectivity index (χ4n) is 4.55. The van der Waals surface area contributed by atoms with Gasteiger partial charge in [-0.15, -0.1) is 0 Å². The van der Waals surface area contributed by atoms with Crippen molar-refractivity contribution in [2.75, 3.05) is 0 Å². The van der Waals surface area contributed by atoms with E-state index in [1.807, 2.05) is 20.8 Å². The average Bonchev–Trinajstić information content (AvgIpc) is 3.24. The van der Waals surface area contributed by atoms with E-state index in [4.69, 9.17) is 0 Å². The number of carbonyl (C=O) groups excluding carboxylic acids is 1. The first-order valence-corrected chi connectivity index (χ1v) is 9.61. The van der Waals surface area contributed by atoms with E-state index in [2.05, 4.69) is 10.4 Å². The van der Waals surface area contributed by atoms with Gasteiger partial charge in [0.25, 0.3) is 0 Å². The number of hydrogen-bond donors (Lipinski definition) is 1. The van der Waals surface area contributed by atoms with E-state index < -0.39 is 11.6 Å². The van der Waals surface area contributed by atoms with Gasteiger partial charge in [0.2, 0.25) is 5.91 Å². The molecule has 2 aliphatic rings. The van der Waals surface area contributed by atoms with Gasteiger partial charge in [-0.3, -0.25) is 4.79 Å². The number of aromatic nitrogens is 2. The Labute approximate surface area is 158 Å². The standard InChI is InChI=1S/C21H25F2N3O/c1-21(2,3)24-18(27)9-7-16-19-12-4-5-13(10-12)20(19)26(25-16)17-8-6-14(22)11-15(17)23/h6,8,11-13H,4-5,7,9-10H2,1-3H3,(H,24,27). The van der Waals surface area contributed by atoms with Crippen molar-refractivity contribution >= 4 is 5.91 Å². The minimum absolute atomic E-state index is 0.0121. The predicted octanol–water partition coefficient (Wildman–Crippen LogP) is 4.36. The molecular weight excluding hydrogens is 348 g/mol. The van der Waals surface area contributed by atoms with Gasteiger partial charge in [-0.1, -0.05) is 0 Å². The molecule has 1 heterocycles. The zero-order valence-electron chi connectivity index (χ0n) is 16.0. The quantitative estimate of drug-likeness (QED) is 0.865. The van der Waals surface area contributed by atoms with Crippen molar-refractivity contribution in [3.63, 3.8) is 0 Å². The summed E-state index contributed by atoms with van der Waals surface area (Å²) in [7, 11) is 0. The Morgan fingerprint density at radius 1 is 1.26 bits per heavy atom. The number of halogens is 2. The summed E-state index contributed by atoms with van der Waals surface area (Å²) in [5.74, 6) is -0.398. The number of aryl methyl sites for hydroxylation is 1. The van der Waals surface area contributed by atoms with Crippen molar-refractivity contribution < 1.29 is 13.6 Å². The highest BCUT2D eigenvalue weighted by Gasteiger charge is 2.42. The number of hydrogen-bond acceptors (Lipinski definition) is 2. The van der Waals surface area contributed by atoms with Crippen molar-refractivity contribution in [2.24, 2.45) is 0 Å². The van der Waals surface area contributed by atoms with Gasteiger partial charge in [0.15, 0.2) is 5.82 Å². The van der Waals surface area contributed by atoms with Crippen LogP contribution in [0.2, 0.25) is 0 Å². The number of nitrogens with zero attached hydrogens (tertiary/aromatic N) is 2. The Kier molecular flexibility index (Phi) is 4.32. The maximum absolute atomic E-state index is 14.4. The molecule has 27 heavy (non-hydrogen) atoms. The smallest absolute Gasteiger partial charge is 0.220 e. The molecule has 1 saturated carbocycles. The van der Waals surface area contributed by atoms with E-state index in [1.165, 1.54) is 17.7 Å². The van der Waals surface area contributed by atoms with Crippen molar-refractivity contribution in [3.05, 3.63) is 46.8 Å². The number of carbonyl (C=O) groups is 1. The first-order valence-electron chi connectivity index (χ1n) is 9.61. The molecule has 1 fully saturated rings. The Balaban J connectivity index is 1.66. The van der Waals surface area contributed by atoms with Gasteiger partial charge in [-0.2, -0.15) is 5.10 Å². The van der Waals surface area contributed by atoms with Crippen LogP contribution in [0.1, 0.15) is 75.2 Å². The van der Waals surface area contributed by atoms with Crippen LogP contribution in [0, 0.1) is 11.6 Å². The van der Waals surface area contributed by atoms with Crippen LogP contribution in [0.15, 0.2) is 18.2 Å². The Morgan fingerprint density at radius 2 is 2.00 bits per heavy atom. The molecule has 2 bridgehead atoms. The van der Waals surface area contributed by atoms with E-state index in [1.54, 1.807) is 4.68 Å². The van der Waals surface area contributed by atoms with E-state index in [-0.39, 0.29) is 17.1 Å². The summed E-state index contributed by atoms with van der Waals surface area (Å²) >= 11 is 0. The molecule has 4 rings (SSSR count). The van der Waals surface area contributed by atoms with E-state index >= 15 is 0 Å².